The standard InChI is InChI=1S/C15H14N2O4/c1-20-13-10-6-5-9-12(13)16-14(18)17-15(19)21-11-7-3-2-4-8-11/h2-10H,1H3,(H2,16,17,18,19). The highest BCUT2D eigenvalue weighted by Crippen LogP contribution is 2.22. The van der Waals surface area contributed by atoms with E-state index in [1.54, 1.807) is 54.6 Å². The number of imide groups is 1. The lowest BCUT2D eigenvalue weighted by Crippen LogP contribution is -2.36. The highest BCUT2D eigenvalue weighted by atomic mass is 16.6. The van der Waals surface area contributed by atoms with Crippen LogP contribution in [0.1, 0.15) is 0 Å². The number of methoxy groups -OCH3 is 1. The molecule has 0 aromatic heterocycles. The summed E-state index contributed by atoms with van der Waals surface area (Å²) >= 11 is 0. The van der Waals surface area contributed by atoms with Gasteiger partial charge in [0.15, 0.2) is 0 Å². The Labute approximate surface area is 121 Å². The molecule has 6 nitrogen and oxygen atoms in total. The van der Waals surface area contributed by atoms with Gasteiger partial charge in [0.25, 0.3) is 0 Å². The third-order valence-corrected chi connectivity index (χ3v) is 2.52. The molecule has 0 aliphatic heterocycles. The molecule has 0 spiro atoms. The number of hydrogen-bond acceptors (Lipinski definition) is 4. The minimum atomic E-state index is -0.867. The molecule has 0 saturated carbocycles. The number of benzene rings is 2. The second kappa shape index (κ2) is 6.95. The maximum absolute atomic E-state index is 11.7. The second-order valence-electron chi connectivity index (χ2n) is 3.98. The molecule has 0 saturated heterocycles. The Hall–Kier alpha value is -3.02. The average Bonchev–Trinajstić information content (AvgIpc) is 2.48. The lowest BCUT2D eigenvalue weighted by molar-refractivity contribution is 0.199. The highest BCUT2D eigenvalue weighted by Gasteiger charge is 2.11. The monoisotopic (exact) mass is 286 g/mol. The van der Waals surface area contributed by atoms with Gasteiger partial charge in [0.1, 0.15) is 11.5 Å². The van der Waals surface area contributed by atoms with Crippen LogP contribution in [0.4, 0.5) is 15.3 Å². The van der Waals surface area contributed by atoms with Crippen LogP contribution in [0.25, 0.3) is 0 Å². The first-order chi connectivity index (χ1) is 10.2. The summed E-state index contributed by atoms with van der Waals surface area (Å²) in [6.07, 6.45) is -0.867. The van der Waals surface area contributed by atoms with Crippen LogP contribution >= 0.6 is 0 Å². The van der Waals surface area contributed by atoms with E-state index in [9.17, 15) is 9.59 Å². The molecule has 2 aromatic carbocycles. The van der Waals surface area contributed by atoms with E-state index >= 15 is 0 Å². The Morgan fingerprint density at radius 2 is 1.62 bits per heavy atom. The molecule has 0 radical (unpaired) electrons. The SMILES string of the molecule is COc1ccccc1NC(=O)NC(=O)Oc1ccccc1. The van der Waals surface area contributed by atoms with Crippen molar-refractivity contribution in [3.05, 3.63) is 54.6 Å². The van der Waals surface area contributed by atoms with Crippen LogP contribution in [0.3, 0.4) is 0 Å². The van der Waals surface area contributed by atoms with E-state index in [1.807, 2.05) is 0 Å². The summed E-state index contributed by atoms with van der Waals surface area (Å²) in [4.78, 5) is 23.2. The highest BCUT2D eigenvalue weighted by molar-refractivity contribution is 6.00. The van der Waals surface area contributed by atoms with Gasteiger partial charge in [-0.2, -0.15) is 0 Å². The molecule has 2 aromatic rings. The fourth-order valence-corrected chi connectivity index (χ4v) is 1.62. The number of urea groups is 1. The fraction of sp³-hybridized carbons (Fsp3) is 0.0667. The first-order valence-electron chi connectivity index (χ1n) is 6.17. The fourth-order valence-electron chi connectivity index (χ4n) is 1.62. The van der Waals surface area contributed by atoms with Gasteiger partial charge in [-0.3, -0.25) is 0 Å². The number of amides is 3. The number of carbonyl (C=O) groups excluding carboxylic acids is 2. The largest absolute Gasteiger partial charge is 0.495 e. The number of para-hydroxylation sites is 3. The molecule has 6 heteroatoms. The second-order valence-corrected chi connectivity index (χ2v) is 3.98. The van der Waals surface area contributed by atoms with E-state index in [1.165, 1.54) is 7.11 Å². The van der Waals surface area contributed by atoms with Crippen molar-refractivity contribution in [2.75, 3.05) is 12.4 Å². The Morgan fingerprint density at radius 3 is 2.33 bits per heavy atom. The Balaban J connectivity index is 1.91. The minimum absolute atomic E-state index is 0.347. The van der Waals surface area contributed by atoms with Crippen molar-refractivity contribution in [2.24, 2.45) is 0 Å². The van der Waals surface area contributed by atoms with Crippen LogP contribution < -0.4 is 20.1 Å². The van der Waals surface area contributed by atoms with Crippen molar-refractivity contribution in [3.8, 4) is 11.5 Å². The Bertz CT molecular complexity index is 629. The van der Waals surface area contributed by atoms with E-state index < -0.39 is 12.1 Å². The molecular weight excluding hydrogens is 272 g/mol. The third kappa shape index (κ3) is 4.24. The van der Waals surface area contributed by atoms with E-state index in [0.717, 1.165) is 0 Å². The quantitative estimate of drug-likeness (QED) is 0.909. The van der Waals surface area contributed by atoms with Crippen LogP contribution in [-0.4, -0.2) is 19.2 Å². The van der Waals surface area contributed by atoms with Gasteiger partial charge in [-0.25, -0.2) is 14.9 Å². The normalized spacial score (nSPS) is 9.57. The van der Waals surface area contributed by atoms with Gasteiger partial charge < -0.3 is 14.8 Å². The Kier molecular flexibility index (Phi) is 4.76. The molecule has 0 fully saturated rings. The first-order valence-corrected chi connectivity index (χ1v) is 6.17. The molecular formula is C15H14N2O4. The molecule has 0 atom stereocenters. The Morgan fingerprint density at radius 1 is 0.952 bits per heavy atom. The summed E-state index contributed by atoms with van der Waals surface area (Å²) in [5.74, 6) is 0.837. The van der Waals surface area contributed by atoms with Gasteiger partial charge >= 0.3 is 12.1 Å². The van der Waals surface area contributed by atoms with E-state index in [0.29, 0.717) is 17.2 Å². The first kappa shape index (κ1) is 14.4. The van der Waals surface area contributed by atoms with Crippen molar-refractivity contribution >= 4 is 17.8 Å². The number of nitrogens with one attached hydrogen (secondary N) is 2. The zero-order valence-electron chi connectivity index (χ0n) is 11.3. The molecule has 0 bridgehead atoms. The molecule has 21 heavy (non-hydrogen) atoms. The molecule has 0 heterocycles. The average molecular weight is 286 g/mol. The number of rotatable bonds is 3. The molecule has 0 aliphatic rings. The van der Waals surface area contributed by atoms with Gasteiger partial charge in [0.2, 0.25) is 0 Å². The van der Waals surface area contributed by atoms with Crippen molar-refractivity contribution < 1.29 is 19.1 Å². The molecule has 2 N–H and O–H groups in total. The summed E-state index contributed by atoms with van der Waals surface area (Å²) in [5.41, 5.74) is 0.449. The van der Waals surface area contributed by atoms with E-state index in [4.69, 9.17) is 9.47 Å². The number of anilines is 1. The predicted molar refractivity (Wildman–Crippen MR) is 77.6 cm³/mol. The lowest BCUT2D eigenvalue weighted by atomic mass is 10.3. The summed E-state index contributed by atoms with van der Waals surface area (Å²) in [6, 6.07) is 14.6. The summed E-state index contributed by atoms with van der Waals surface area (Å²) < 4.78 is 10.0. The van der Waals surface area contributed by atoms with E-state index in [-0.39, 0.29) is 0 Å². The van der Waals surface area contributed by atoms with Gasteiger partial charge in [0.05, 0.1) is 12.8 Å². The maximum atomic E-state index is 11.7. The van der Waals surface area contributed by atoms with E-state index in [2.05, 4.69) is 10.6 Å². The van der Waals surface area contributed by atoms with Crippen LogP contribution in [0.5, 0.6) is 11.5 Å². The molecule has 0 aliphatic carbocycles. The number of ether oxygens (including phenoxy) is 2. The zero-order valence-corrected chi connectivity index (χ0v) is 11.3. The van der Waals surface area contributed by atoms with Gasteiger partial charge in [-0.1, -0.05) is 30.3 Å². The number of hydrogen-bond donors (Lipinski definition) is 2. The molecule has 108 valence electrons. The molecule has 3 amide bonds. The summed E-state index contributed by atoms with van der Waals surface area (Å²) in [7, 11) is 1.49. The van der Waals surface area contributed by atoms with Crippen LogP contribution in [0, 0.1) is 0 Å². The van der Waals surface area contributed by atoms with Crippen molar-refractivity contribution in [3.63, 3.8) is 0 Å². The predicted octanol–water partition coefficient (Wildman–Crippen LogP) is 3.02. The van der Waals surface area contributed by atoms with Crippen LogP contribution in [-0.2, 0) is 0 Å². The van der Waals surface area contributed by atoms with Gasteiger partial charge in [0, 0.05) is 0 Å². The topological polar surface area (TPSA) is 76.7 Å². The minimum Gasteiger partial charge on any atom is -0.495 e. The van der Waals surface area contributed by atoms with Gasteiger partial charge in [-0.15, -0.1) is 0 Å². The molecule has 2 rings (SSSR count). The summed E-state index contributed by atoms with van der Waals surface area (Å²) in [5, 5.41) is 4.56. The lowest BCUT2D eigenvalue weighted by Gasteiger charge is -2.10. The zero-order chi connectivity index (χ0) is 15.1. The molecule has 0 unspecified atom stereocenters. The van der Waals surface area contributed by atoms with Crippen molar-refractivity contribution in [2.45, 2.75) is 0 Å². The van der Waals surface area contributed by atoms with Crippen molar-refractivity contribution in [1.29, 1.82) is 0 Å². The van der Waals surface area contributed by atoms with Crippen LogP contribution in [0.2, 0.25) is 0 Å². The van der Waals surface area contributed by atoms with Crippen LogP contribution in [0.15, 0.2) is 54.6 Å². The number of carbonyl (C=O) groups is 2. The van der Waals surface area contributed by atoms with Crippen molar-refractivity contribution in [1.82, 2.24) is 5.32 Å². The summed E-state index contributed by atoms with van der Waals surface area (Å²) in [6.45, 7) is 0. The maximum Gasteiger partial charge on any atom is 0.420 e. The third-order valence-electron chi connectivity index (χ3n) is 2.52. The smallest absolute Gasteiger partial charge is 0.420 e. The van der Waals surface area contributed by atoms with Gasteiger partial charge in [-0.05, 0) is 24.3 Å².